The third-order valence-electron chi connectivity index (χ3n) is 5.68. The highest BCUT2D eigenvalue weighted by atomic mass is 35.5. The molecule has 1 aromatic heterocycles. The zero-order valence-electron chi connectivity index (χ0n) is 16.2. The van der Waals surface area contributed by atoms with Crippen molar-refractivity contribution in [1.29, 1.82) is 0 Å². The fourth-order valence-electron chi connectivity index (χ4n) is 3.94. The first-order chi connectivity index (χ1) is 12.9. The Morgan fingerprint density at radius 2 is 2.15 bits per heavy atom. The Hall–Kier alpha value is -1.88. The van der Waals surface area contributed by atoms with Crippen molar-refractivity contribution in [2.75, 3.05) is 14.1 Å². The minimum absolute atomic E-state index is 0.0104. The van der Waals surface area contributed by atoms with Gasteiger partial charge in [0.25, 0.3) is 0 Å². The molecule has 2 atom stereocenters. The number of imidazole rings is 1. The summed E-state index contributed by atoms with van der Waals surface area (Å²) >= 11 is 6.47. The lowest BCUT2D eigenvalue weighted by Crippen LogP contribution is -2.26. The van der Waals surface area contributed by atoms with Crippen molar-refractivity contribution in [3.05, 3.63) is 41.3 Å². The standard InChI is InChI=1S/C21H27ClFN3O/c1-4-21(23,11-6-9-19(27)25(2)3)12-10-17-20-15(7-5-8-16(20)22)18-13-24-14-26(17)18/h5,7-8,13-14,17H,4,6,9-12H2,1-3H3/t17-,21-/m0/s1. The van der Waals surface area contributed by atoms with Crippen molar-refractivity contribution >= 4 is 17.5 Å². The minimum Gasteiger partial charge on any atom is -0.349 e. The van der Waals surface area contributed by atoms with Gasteiger partial charge < -0.3 is 9.47 Å². The number of alkyl halides is 1. The second-order valence-corrected chi connectivity index (χ2v) is 8.00. The van der Waals surface area contributed by atoms with Gasteiger partial charge in [-0.25, -0.2) is 9.37 Å². The lowest BCUT2D eigenvalue weighted by molar-refractivity contribution is -0.128. The van der Waals surface area contributed by atoms with Crippen LogP contribution in [-0.2, 0) is 4.79 Å². The van der Waals surface area contributed by atoms with Crippen LogP contribution in [0.2, 0.25) is 5.02 Å². The lowest BCUT2D eigenvalue weighted by Gasteiger charge is -2.26. The number of amides is 1. The highest BCUT2D eigenvalue weighted by Crippen LogP contribution is 2.46. The molecule has 146 valence electrons. The van der Waals surface area contributed by atoms with E-state index in [-0.39, 0.29) is 11.9 Å². The summed E-state index contributed by atoms with van der Waals surface area (Å²) < 4.78 is 17.5. The number of benzene rings is 1. The Kier molecular flexibility index (Phi) is 5.89. The Morgan fingerprint density at radius 3 is 2.85 bits per heavy atom. The lowest BCUT2D eigenvalue weighted by atomic mass is 9.87. The molecular formula is C21H27ClFN3O. The van der Waals surface area contributed by atoms with E-state index in [1.807, 2.05) is 31.3 Å². The number of fused-ring (bicyclic) bond motifs is 3. The zero-order valence-corrected chi connectivity index (χ0v) is 17.0. The van der Waals surface area contributed by atoms with Crippen LogP contribution in [0.3, 0.4) is 0 Å². The predicted octanol–water partition coefficient (Wildman–Crippen LogP) is 5.26. The highest BCUT2D eigenvalue weighted by Gasteiger charge is 2.34. The number of halogens is 2. The van der Waals surface area contributed by atoms with Crippen LogP contribution in [-0.4, -0.2) is 40.1 Å². The predicted molar refractivity (Wildman–Crippen MR) is 107 cm³/mol. The number of hydrogen-bond acceptors (Lipinski definition) is 2. The minimum atomic E-state index is -1.27. The number of carbonyl (C=O) groups is 1. The maximum absolute atomic E-state index is 15.4. The number of hydrogen-bond donors (Lipinski definition) is 0. The fourth-order valence-corrected chi connectivity index (χ4v) is 4.24. The molecule has 0 N–H and O–H groups in total. The molecule has 0 unspecified atom stereocenters. The van der Waals surface area contributed by atoms with Gasteiger partial charge in [0, 0.05) is 36.7 Å². The van der Waals surface area contributed by atoms with Gasteiger partial charge in [0.1, 0.15) is 5.67 Å². The SMILES string of the molecule is CC[C@](F)(CCCC(=O)N(C)C)CC[C@H]1c2c(Cl)cccc2-c2cncn21. The van der Waals surface area contributed by atoms with Crippen LogP contribution in [0.25, 0.3) is 11.3 Å². The molecule has 0 saturated heterocycles. The zero-order chi connectivity index (χ0) is 19.6. The summed E-state index contributed by atoms with van der Waals surface area (Å²) in [5.41, 5.74) is 1.92. The smallest absolute Gasteiger partial charge is 0.222 e. The Labute approximate surface area is 165 Å². The summed E-state index contributed by atoms with van der Waals surface area (Å²) in [6, 6.07) is 5.89. The van der Waals surface area contributed by atoms with E-state index in [1.54, 1.807) is 25.3 Å². The van der Waals surface area contributed by atoms with Crippen LogP contribution in [0.15, 0.2) is 30.7 Å². The van der Waals surface area contributed by atoms with Crippen molar-refractivity contribution in [2.24, 2.45) is 0 Å². The van der Waals surface area contributed by atoms with Crippen LogP contribution in [0.4, 0.5) is 4.39 Å². The first-order valence-corrected chi connectivity index (χ1v) is 9.94. The third kappa shape index (κ3) is 4.03. The van der Waals surface area contributed by atoms with Gasteiger partial charge in [-0.05, 0) is 38.2 Å². The van der Waals surface area contributed by atoms with Gasteiger partial charge in [0.15, 0.2) is 0 Å². The van der Waals surface area contributed by atoms with Crippen molar-refractivity contribution in [1.82, 2.24) is 14.5 Å². The van der Waals surface area contributed by atoms with E-state index in [0.717, 1.165) is 21.8 Å². The maximum Gasteiger partial charge on any atom is 0.222 e. The molecular weight excluding hydrogens is 365 g/mol. The van der Waals surface area contributed by atoms with E-state index in [0.29, 0.717) is 38.5 Å². The second-order valence-electron chi connectivity index (χ2n) is 7.59. The molecule has 2 aromatic rings. The van der Waals surface area contributed by atoms with E-state index in [9.17, 15) is 4.79 Å². The van der Waals surface area contributed by atoms with E-state index in [1.165, 1.54) is 0 Å². The summed E-state index contributed by atoms with van der Waals surface area (Å²) in [6.45, 7) is 1.88. The second kappa shape index (κ2) is 8.01. The van der Waals surface area contributed by atoms with Gasteiger partial charge in [0.2, 0.25) is 5.91 Å². The topological polar surface area (TPSA) is 38.1 Å². The molecule has 3 rings (SSSR count). The first-order valence-electron chi connectivity index (χ1n) is 9.56. The molecule has 6 heteroatoms. The van der Waals surface area contributed by atoms with E-state index in [2.05, 4.69) is 9.55 Å². The van der Waals surface area contributed by atoms with Crippen LogP contribution < -0.4 is 0 Å². The first kappa shape index (κ1) is 19.9. The molecule has 0 bridgehead atoms. The van der Waals surface area contributed by atoms with Crippen molar-refractivity contribution < 1.29 is 9.18 Å². The highest BCUT2D eigenvalue weighted by molar-refractivity contribution is 6.32. The van der Waals surface area contributed by atoms with Crippen molar-refractivity contribution in [3.8, 4) is 11.3 Å². The molecule has 1 aromatic carbocycles. The Bertz CT molecular complexity index is 820. The average molecular weight is 392 g/mol. The monoisotopic (exact) mass is 391 g/mol. The molecule has 4 nitrogen and oxygen atoms in total. The molecule has 0 spiro atoms. The summed E-state index contributed by atoms with van der Waals surface area (Å²) in [6.07, 6.45) is 6.55. The number of aromatic nitrogens is 2. The average Bonchev–Trinajstić information content (AvgIpc) is 3.22. The largest absolute Gasteiger partial charge is 0.349 e. The van der Waals surface area contributed by atoms with Crippen LogP contribution in [0.5, 0.6) is 0 Å². The molecule has 27 heavy (non-hydrogen) atoms. The third-order valence-corrected chi connectivity index (χ3v) is 6.01. The number of rotatable bonds is 8. The van der Waals surface area contributed by atoms with E-state index >= 15 is 4.39 Å². The fraction of sp³-hybridized carbons (Fsp3) is 0.524. The van der Waals surface area contributed by atoms with E-state index in [4.69, 9.17) is 11.6 Å². The molecule has 1 amide bonds. The van der Waals surface area contributed by atoms with Crippen molar-refractivity contribution in [3.63, 3.8) is 0 Å². The van der Waals surface area contributed by atoms with Crippen molar-refractivity contribution in [2.45, 2.75) is 57.2 Å². The molecule has 0 saturated carbocycles. The van der Waals surface area contributed by atoms with Gasteiger partial charge >= 0.3 is 0 Å². The van der Waals surface area contributed by atoms with Crippen LogP contribution >= 0.6 is 11.6 Å². The van der Waals surface area contributed by atoms with Gasteiger partial charge in [0.05, 0.1) is 24.3 Å². The summed E-state index contributed by atoms with van der Waals surface area (Å²) in [4.78, 5) is 17.6. The van der Waals surface area contributed by atoms with Gasteiger partial charge in [-0.2, -0.15) is 0 Å². The van der Waals surface area contributed by atoms with Gasteiger partial charge in [-0.3, -0.25) is 4.79 Å². The maximum atomic E-state index is 15.4. The van der Waals surface area contributed by atoms with Gasteiger partial charge in [-0.15, -0.1) is 0 Å². The molecule has 2 heterocycles. The molecule has 0 radical (unpaired) electrons. The summed E-state index contributed by atoms with van der Waals surface area (Å²) in [5, 5.41) is 0.721. The Morgan fingerprint density at radius 1 is 1.37 bits per heavy atom. The molecule has 0 aliphatic carbocycles. The summed E-state index contributed by atoms with van der Waals surface area (Å²) in [5.74, 6) is 0.0491. The number of nitrogens with zero attached hydrogens (tertiary/aromatic N) is 3. The molecule has 1 aliphatic heterocycles. The summed E-state index contributed by atoms with van der Waals surface area (Å²) in [7, 11) is 3.46. The van der Waals surface area contributed by atoms with Crippen LogP contribution in [0, 0.1) is 0 Å². The molecule has 1 aliphatic rings. The quantitative estimate of drug-likeness (QED) is 0.615. The molecule has 0 fully saturated rings. The van der Waals surface area contributed by atoms with Gasteiger partial charge in [-0.1, -0.05) is 30.7 Å². The number of carbonyl (C=O) groups excluding carboxylic acids is 1. The van der Waals surface area contributed by atoms with E-state index < -0.39 is 5.67 Å². The van der Waals surface area contributed by atoms with Crippen LogP contribution in [0.1, 0.15) is 57.1 Å². The normalized spacial score (nSPS) is 17.3. The Balaban J connectivity index is 1.69.